The highest BCUT2D eigenvalue weighted by atomic mass is 16.5. The van der Waals surface area contributed by atoms with Crippen LogP contribution in [0.1, 0.15) is 27.3 Å². The Balaban J connectivity index is 1.50. The minimum absolute atomic E-state index is 0.277. The van der Waals surface area contributed by atoms with Gasteiger partial charge >= 0.3 is 0 Å². The molecule has 2 aromatic heterocycles. The fourth-order valence-corrected chi connectivity index (χ4v) is 3.70. The first-order chi connectivity index (χ1) is 15.5. The SMILES string of the molecule is Cc1ccc(C)c(NC(=O)c2nnn(-c3ccc4noc(-c5ccccc5)c4c3)c2C)c1. The molecule has 0 saturated carbocycles. The van der Waals surface area contributed by atoms with E-state index in [1.807, 2.05) is 87.5 Å². The number of amides is 1. The molecule has 0 bridgehead atoms. The average molecular weight is 423 g/mol. The molecule has 0 spiro atoms. The van der Waals surface area contributed by atoms with Crippen molar-refractivity contribution in [2.45, 2.75) is 20.8 Å². The molecule has 3 aromatic carbocycles. The Morgan fingerprint density at radius 1 is 0.969 bits per heavy atom. The van der Waals surface area contributed by atoms with E-state index in [4.69, 9.17) is 4.52 Å². The van der Waals surface area contributed by atoms with Crippen molar-refractivity contribution in [3.05, 3.63) is 89.2 Å². The normalized spacial score (nSPS) is 11.1. The van der Waals surface area contributed by atoms with Gasteiger partial charge in [0.25, 0.3) is 5.91 Å². The van der Waals surface area contributed by atoms with Gasteiger partial charge in [-0.15, -0.1) is 5.10 Å². The van der Waals surface area contributed by atoms with E-state index >= 15 is 0 Å². The molecule has 0 aliphatic rings. The van der Waals surface area contributed by atoms with Gasteiger partial charge in [0, 0.05) is 11.3 Å². The molecule has 158 valence electrons. The summed E-state index contributed by atoms with van der Waals surface area (Å²) in [7, 11) is 0. The van der Waals surface area contributed by atoms with Crippen LogP contribution >= 0.6 is 0 Å². The summed E-state index contributed by atoms with van der Waals surface area (Å²) in [6.45, 7) is 5.77. The van der Waals surface area contributed by atoms with Crippen LogP contribution in [0.3, 0.4) is 0 Å². The minimum Gasteiger partial charge on any atom is -0.355 e. The monoisotopic (exact) mass is 423 g/mol. The van der Waals surface area contributed by atoms with Crippen molar-refractivity contribution in [2.24, 2.45) is 0 Å². The van der Waals surface area contributed by atoms with Crippen molar-refractivity contribution in [3.63, 3.8) is 0 Å². The standard InChI is InChI=1S/C25H21N5O2/c1-15-9-10-16(2)22(13-15)26-25(31)23-17(3)30(29-27-23)19-11-12-21-20(14-19)24(32-28-21)18-7-5-4-6-8-18/h4-14H,1-3H3,(H,26,31). The molecular weight excluding hydrogens is 402 g/mol. The second kappa shape index (κ2) is 7.77. The summed E-state index contributed by atoms with van der Waals surface area (Å²) in [6.07, 6.45) is 0. The summed E-state index contributed by atoms with van der Waals surface area (Å²) >= 11 is 0. The molecule has 2 heterocycles. The lowest BCUT2D eigenvalue weighted by Gasteiger charge is -2.09. The molecule has 7 heteroatoms. The van der Waals surface area contributed by atoms with Gasteiger partial charge in [0.05, 0.1) is 16.8 Å². The Labute approximate surface area is 184 Å². The van der Waals surface area contributed by atoms with Crippen LogP contribution in [-0.4, -0.2) is 26.1 Å². The maximum atomic E-state index is 12.9. The molecular formula is C25H21N5O2. The molecule has 0 fully saturated rings. The quantitative estimate of drug-likeness (QED) is 0.426. The number of rotatable bonds is 4. The van der Waals surface area contributed by atoms with Crippen molar-refractivity contribution in [2.75, 3.05) is 5.32 Å². The number of nitrogens with one attached hydrogen (secondary N) is 1. The molecule has 0 unspecified atom stereocenters. The summed E-state index contributed by atoms with van der Waals surface area (Å²) < 4.78 is 7.25. The zero-order valence-corrected chi connectivity index (χ0v) is 18.0. The minimum atomic E-state index is -0.293. The first kappa shape index (κ1) is 19.7. The molecule has 5 aromatic rings. The highest BCUT2D eigenvalue weighted by Gasteiger charge is 2.19. The molecule has 32 heavy (non-hydrogen) atoms. The van der Waals surface area contributed by atoms with Gasteiger partial charge in [-0.2, -0.15) is 0 Å². The summed E-state index contributed by atoms with van der Waals surface area (Å²) in [6, 6.07) is 21.4. The van der Waals surface area contributed by atoms with Crippen LogP contribution in [0.5, 0.6) is 0 Å². The third-order valence-corrected chi connectivity index (χ3v) is 5.49. The second-order valence-electron chi connectivity index (χ2n) is 7.79. The molecule has 1 amide bonds. The lowest BCUT2D eigenvalue weighted by molar-refractivity contribution is 0.102. The lowest BCUT2D eigenvalue weighted by atomic mass is 10.1. The molecule has 5 rings (SSSR count). The third-order valence-electron chi connectivity index (χ3n) is 5.49. The van der Waals surface area contributed by atoms with Gasteiger partial charge in [0.2, 0.25) is 0 Å². The number of anilines is 1. The Morgan fingerprint density at radius 3 is 2.59 bits per heavy atom. The van der Waals surface area contributed by atoms with Crippen LogP contribution in [0.2, 0.25) is 0 Å². The Hall–Kier alpha value is -4.26. The van der Waals surface area contributed by atoms with Crippen molar-refractivity contribution >= 4 is 22.5 Å². The second-order valence-corrected chi connectivity index (χ2v) is 7.79. The highest BCUT2D eigenvalue weighted by molar-refractivity contribution is 6.04. The van der Waals surface area contributed by atoms with E-state index in [0.29, 0.717) is 11.5 Å². The zero-order chi connectivity index (χ0) is 22.2. The number of hydrogen-bond donors (Lipinski definition) is 1. The number of carbonyl (C=O) groups excluding carboxylic acids is 1. The first-order valence-electron chi connectivity index (χ1n) is 10.3. The van der Waals surface area contributed by atoms with E-state index in [2.05, 4.69) is 20.8 Å². The summed E-state index contributed by atoms with van der Waals surface area (Å²) in [5.74, 6) is 0.395. The Morgan fingerprint density at radius 2 is 1.78 bits per heavy atom. The number of benzene rings is 3. The molecule has 7 nitrogen and oxygen atoms in total. The van der Waals surface area contributed by atoms with Crippen molar-refractivity contribution in [1.29, 1.82) is 0 Å². The topological polar surface area (TPSA) is 85.8 Å². The number of hydrogen-bond acceptors (Lipinski definition) is 5. The fourth-order valence-electron chi connectivity index (χ4n) is 3.70. The Bertz CT molecular complexity index is 1450. The number of carbonyl (C=O) groups is 1. The van der Waals surface area contributed by atoms with Gasteiger partial charge in [-0.3, -0.25) is 4.79 Å². The molecule has 0 atom stereocenters. The van der Waals surface area contributed by atoms with E-state index < -0.39 is 0 Å². The summed E-state index contributed by atoms with van der Waals surface area (Å²) in [5, 5.41) is 16.4. The maximum Gasteiger partial charge on any atom is 0.278 e. The molecule has 0 radical (unpaired) electrons. The smallest absolute Gasteiger partial charge is 0.278 e. The van der Waals surface area contributed by atoms with Crippen molar-refractivity contribution < 1.29 is 9.32 Å². The first-order valence-corrected chi connectivity index (χ1v) is 10.3. The lowest BCUT2D eigenvalue weighted by Crippen LogP contribution is -2.15. The number of fused-ring (bicyclic) bond motifs is 1. The van der Waals surface area contributed by atoms with Gasteiger partial charge in [0.15, 0.2) is 11.5 Å². The predicted molar refractivity (Wildman–Crippen MR) is 123 cm³/mol. The molecule has 0 aliphatic heterocycles. The van der Waals surface area contributed by atoms with Crippen LogP contribution in [0.25, 0.3) is 27.9 Å². The van der Waals surface area contributed by atoms with Crippen molar-refractivity contribution in [3.8, 4) is 17.0 Å². The highest BCUT2D eigenvalue weighted by Crippen LogP contribution is 2.30. The van der Waals surface area contributed by atoms with Crippen LogP contribution in [0.4, 0.5) is 5.69 Å². The van der Waals surface area contributed by atoms with Gasteiger partial charge in [-0.05, 0) is 56.2 Å². The number of aryl methyl sites for hydroxylation is 2. The van der Waals surface area contributed by atoms with Gasteiger partial charge < -0.3 is 9.84 Å². The van der Waals surface area contributed by atoms with E-state index in [9.17, 15) is 4.79 Å². The van der Waals surface area contributed by atoms with Gasteiger partial charge in [-0.1, -0.05) is 52.8 Å². The largest absolute Gasteiger partial charge is 0.355 e. The van der Waals surface area contributed by atoms with Crippen LogP contribution in [0.15, 0.2) is 71.3 Å². The van der Waals surface area contributed by atoms with E-state index in [0.717, 1.165) is 39.0 Å². The maximum absolute atomic E-state index is 12.9. The van der Waals surface area contributed by atoms with Crippen LogP contribution in [0, 0.1) is 20.8 Å². The number of nitrogens with zero attached hydrogens (tertiary/aromatic N) is 4. The molecule has 0 aliphatic carbocycles. The molecule has 1 N–H and O–H groups in total. The van der Waals surface area contributed by atoms with Gasteiger partial charge in [-0.25, -0.2) is 4.68 Å². The van der Waals surface area contributed by atoms with E-state index in [-0.39, 0.29) is 11.6 Å². The summed E-state index contributed by atoms with van der Waals surface area (Å²) in [5.41, 5.74) is 6.21. The third kappa shape index (κ3) is 3.43. The zero-order valence-electron chi connectivity index (χ0n) is 18.0. The predicted octanol–water partition coefficient (Wildman–Crippen LogP) is 5.25. The van der Waals surface area contributed by atoms with Crippen LogP contribution in [-0.2, 0) is 0 Å². The number of aromatic nitrogens is 4. The van der Waals surface area contributed by atoms with Crippen molar-refractivity contribution in [1.82, 2.24) is 20.2 Å². The van der Waals surface area contributed by atoms with E-state index in [1.54, 1.807) is 4.68 Å². The van der Waals surface area contributed by atoms with E-state index in [1.165, 1.54) is 0 Å². The Kier molecular flexibility index (Phi) is 4.78. The van der Waals surface area contributed by atoms with Gasteiger partial charge in [0.1, 0.15) is 5.52 Å². The molecule has 0 saturated heterocycles. The fraction of sp³-hybridized carbons (Fsp3) is 0.120. The van der Waals surface area contributed by atoms with Crippen LogP contribution < -0.4 is 5.32 Å². The average Bonchev–Trinajstić information content (AvgIpc) is 3.40. The summed E-state index contributed by atoms with van der Waals surface area (Å²) in [4.78, 5) is 12.9.